The third-order valence-corrected chi connectivity index (χ3v) is 6.17. The number of rotatable bonds is 3. The number of carbonyl (C=O) groups is 1. The van der Waals surface area contributed by atoms with Crippen molar-refractivity contribution >= 4 is 33.3 Å². The molecule has 0 atom stereocenters. The Hall–Kier alpha value is -1.69. The first-order valence-electron chi connectivity index (χ1n) is 8.92. The Morgan fingerprint density at radius 3 is 2.64 bits per heavy atom. The number of hydrogen-bond acceptors (Lipinski definition) is 5. The summed E-state index contributed by atoms with van der Waals surface area (Å²) in [6.45, 7) is 12.9. The second-order valence-electron chi connectivity index (χ2n) is 8.53. The van der Waals surface area contributed by atoms with Gasteiger partial charge in [-0.25, -0.2) is 9.97 Å². The summed E-state index contributed by atoms with van der Waals surface area (Å²) >= 11 is 1.68. The van der Waals surface area contributed by atoms with Crippen LogP contribution in [0.2, 0.25) is 0 Å². The number of fused-ring (bicyclic) bond motifs is 1. The molecule has 0 unspecified atom stereocenters. The molecule has 3 rings (SSSR count). The van der Waals surface area contributed by atoms with E-state index in [4.69, 9.17) is 0 Å². The Bertz CT molecular complexity index is 769. The van der Waals surface area contributed by atoms with Gasteiger partial charge in [0.05, 0.1) is 5.39 Å². The van der Waals surface area contributed by atoms with Gasteiger partial charge in [0.2, 0.25) is 5.91 Å². The molecule has 1 saturated heterocycles. The van der Waals surface area contributed by atoms with Crippen molar-refractivity contribution in [2.45, 2.75) is 47.5 Å². The van der Waals surface area contributed by atoms with Gasteiger partial charge in [0.15, 0.2) is 0 Å². The summed E-state index contributed by atoms with van der Waals surface area (Å²) in [6.07, 6.45) is 3.77. The monoisotopic (exact) mass is 360 g/mol. The van der Waals surface area contributed by atoms with Gasteiger partial charge in [-0.3, -0.25) is 4.79 Å². The molecule has 2 aromatic heterocycles. The maximum Gasteiger partial charge on any atom is 0.225 e. The van der Waals surface area contributed by atoms with E-state index in [1.54, 1.807) is 17.7 Å². The molecule has 1 fully saturated rings. The second kappa shape index (κ2) is 6.56. The molecular formula is C19H28N4OS. The number of nitrogens with zero attached hydrogens (tertiary/aromatic N) is 3. The van der Waals surface area contributed by atoms with Gasteiger partial charge in [-0.1, -0.05) is 27.7 Å². The molecular weight excluding hydrogens is 332 g/mol. The molecule has 1 aliphatic rings. The Balaban J connectivity index is 1.67. The molecule has 25 heavy (non-hydrogen) atoms. The van der Waals surface area contributed by atoms with Crippen molar-refractivity contribution in [1.29, 1.82) is 0 Å². The van der Waals surface area contributed by atoms with Crippen LogP contribution in [0.15, 0.2) is 11.7 Å². The zero-order chi connectivity index (χ0) is 18.2. The zero-order valence-electron chi connectivity index (χ0n) is 15.8. The van der Waals surface area contributed by atoms with Gasteiger partial charge in [0.25, 0.3) is 0 Å². The van der Waals surface area contributed by atoms with Crippen molar-refractivity contribution in [3.05, 3.63) is 17.3 Å². The summed E-state index contributed by atoms with van der Waals surface area (Å²) in [5.74, 6) is 1.19. The predicted octanol–water partition coefficient (Wildman–Crippen LogP) is 3.77. The molecule has 1 amide bonds. The average molecular weight is 361 g/mol. The Kier molecular flexibility index (Phi) is 4.75. The van der Waals surface area contributed by atoms with Crippen LogP contribution >= 0.6 is 11.3 Å². The third kappa shape index (κ3) is 3.78. The Morgan fingerprint density at radius 1 is 1.32 bits per heavy atom. The van der Waals surface area contributed by atoms with Gasteiger partial charge in [0, 0.05) is 25.0 Å². The summed E-state index contributed by atoms with van der Waals surface area (Å²) in [5.41, 5.74) is 1.06. The van der Waals surface area contributed by atoms with Crippen LogP contribution in [0.1, 0.15) is 46.1 Å². The molecule has 0 saturated carbocycles. The molecule has 3 heterocycles. The van der Waals surface area contributed by atoms with E-state index in [2.05, 4.69) is 39.4 Å². The average Bonchev–Trinajstić information content (AvgIpc) is 2.94. The van der Waals surface area contributed by atoms with Crippen molar-refractivity contribution < 1.29 is 4.79 Å². The van der Waals surface area contributed by atoms with Crippen molar-refractivity contribution in [2.24, 2.45) is 10.8 Å². The van der Waals surface area contributed by atoms with Crippen LogP contribution in [-0.4, -0.2) is 35.5 Å². The van der Waals surface area contributed by atoms with E-state index in [1.165, 1.54) is 10.9 Å². The van der Waals surface area contributed by atoms with Crippen LogP contribution in [0.25, 0.3) is 10.2 Å². The fourth-order valence-electron chi connectivity index (χ4n) is 3.23. The summed E-state index contributed by atoms with van der Waals surface area (Å²) in [6, 6.07) is 0. The summed E-state index contributed by atoms with van der Waals surface area (Å²) < 4.78 is 0. The lowest BCUT2D eigenvalue weighted by molar-refractivity contribution is -0.129. The molecule has 2 aromatic rings. The largest absolute Gasteiger partial charge is 0.356 e. The van der Waals surface area contributed by atoms with Crippen LogP contribution in [0.4, 0.5) is 5.82 Å². The van der Waals surface area contributed by atoms with Gasteiger partial charge in [-0.2, -0.15) is 0 Å². The molecule has 6 heteroatoms. The number of aryl methyl sites for hydroxylation is 1. The van der Waals surface area contributed by atoms with E-state index >= 15 is 0 Å². The summed E-state index contributed by atoms with van der Waals surface area (Å²) in [4.78, 5) is 24.5. The number of piperidine rings is 1. The molecule has 0 bridgehead atoms. The fourth-order valence-corrected chi connectivity index (χ4v) is 4.12. The van der Waals surface area contributed by atoms with E-state index in [9.17, 15) is 4.79 Å². The highest BCUT2D eigenvalue weighted by Gasteiger charge is 2.33. The molecule has 1 aliphatic heterocycles. The van der Waals surface area contributed by atoms with Gasteiger partial charge in [-0.05, 0) is 36.1 Å². The van der Waals surface area contributed by atoms with E-state index in [-0.39, 0.29) is 16.7 Å². The standard InChI is InChI=1S/C19H28N4OS/c1-13-10-25-16-14(13)15(21-12-22-16)23-8-6-19(5,7-9-23)11-20-17(24)18(2,3)4/h10,12H,6-9,11H2,1-5H3,(H,20,24). The third-order valence-electron chi connectivity index (χ3n) is 5.16. The minimum Gasteiger partial charge on any atom is -0.356 e. The SMILES string of the molecule is Cc1csc2ncnc(N3CCC(C)(CNC(=O)C(C)(C)C)CC3)c12. The van der Waals surface area contributed by atoms with Crippen molar-refractivity contribution in [3.8, 4) is 0 Å². The first-order valence-corrected chi connectivity index (χ1v) is 9.80. The minimum atomic E-state index is -0.333. The number of aromatic nitrogens is 2. The Labute approximate surface area is 153 Å². The molecule has 1 N–H and O–H groups in total. The summed E-state index contributed by atoms with van der Waals surface area (Å²) in [5, 5.41) is 6.48. The molecule has 0 radical (unpaired) electrons. The van der Waals surface area contributed by atoms with Crippen LogP contribution in [0.5, 0.6) is 0 Å². The molecule has 136 valence electrons. The lowest BCUT2D eigenvalue weighted by Crippen LogP contribution is -2.47. The number of carbonyl (C=O) groups excluding carboxylic acids is 1. The van der Waals surface area contributed by atoms with Crippen LogP contribution < -0.4 is 10.2 Å². The van der Waals surface area contributed by atoms with Crippen LogP contribution in [-0.2, 0) is 4.79 Å². The van der Waals surface area contributed by atoms with Gasteiger partial charge < -0.3 is 10.2 Å². The smallest absolute Gasteiger partial charge is 0.225 e. The number of anilines is 1. The van der Waals surface area contributed by atoms with Crippen LogP contribution in [0.3, 0.4) is 0 Å². The molecule has 0 spiro atoms. The lowest BCUT2D eigenvalue weighted by Gasteiger charge is -2.40. The maximum atomic E-state index is 12.2. The molecule has 0 aromatic carbocycles. The summed E-state index contributed by atoms with van der Waals surface area (Å²) in [7, 11) is 0. The minimum absolute atomic E-state index is 0.127. The van der Waals surface area contributed by atoms with Crippen molar-refractivity contribution in [1.82, 2.24) is 15.3 Å². The first-order chi connectivity index (χ1) is 11.7. The topological polar surface area (TPSA) is 58.1 Å². The molecule has 5 nitrogen and oxygen atoms in total. The van der Waals surface area contributed by atoms with E-state index in [0.29, 0.717) is 0 Å². The highest BCUT2D eigenvalue weighted by atomic mass is 32.1. The Morgan fingerprint density at radius 2 is 2.00 bits per heavy atom. The van der Waals surface area contributed by atoms with Gasteiger partial charge in [-0.15, -0.1) is 11.3 Å². The van der Waals surface area contributed by atoms with Crippen LogP contribution in [0, 0.1) is 17.8 Å². The fraction of sp³-hybridized carbons (Fsp3) is 0.632. The number of nitrogens with one attached hydrogen (secondary N) is 1. The maximum absolute atomic E-state index is 12.2. The normalized spacial score (nSPS) is 17.7. The second-order valence-corrected chi connectivity index (χ2v) is 9.38. The van der Waals surface area contributed by atoms with E-state index < -0.39 is 0 Å². The number of thiophene rings is 1. The molecule has 0 aliphatic carbocycles. The first kappa shape index (κ1) is 18.1. The lowest BCUT2D eigenvalue weighted by atomic mass is 9.80. The predicted molar refractivity (Wildman–Crippen MR) is 104 cm³/mol. The zero-order valence-corrected chi connectivity index (χ0v) is 16.7. The van der Waals surface area contributed by atoms with Gasteiger partial charge >= 0.3 is 0 Å². The number of amides is 1. The van der Waals surface area contributed by atoms with E-state index in [1.807, 2.05) is 20.8 Å². The highest BCUT2D eigenvalue weighted by Crippen LogP contribution is 2.36. The van der Waals surface area contributed by atoms with E-state index in [0.717, 1.165) is 43.1 Å². The quantitative estimate of drug-likeness (QED) is 0.905. The number of hydrogen-bond donors (Lipinski definition) is 1. The van der Waals surface area contributed by atoms with Crippen molar-refractivity contribution in [3.63, 3.8) is 0 Å². The highest BCUT2D eigenvalue weighted by molar-refractivity contribution is 7.17. The van der Waals surface area contributed by atoms with Crippen molar-refractivity contribution in [2.75, 3.05) is 24.5 Å². The van der Waals surface area contributed by atoms with Gasteiger partial charge in [0.1, 0.15) is 17.0 Å².